The second kappa shape index (κ2) is 4.90. The Morgan fingerprint density at radius 2 is 2.40 bits per heavy atom. The minimum atomic E-state index is 0.275. The van der Waals surface area contributed by atoms with Crippen molar-refractivity contribution in [1.82, 2.24) is 9.36 Å². The maximum Gasteiger partial charge on any atom is 0.202 e. The molecule has 15 heavy (non-hydrogen) atoms. The first kappa shape index (κ1) is 10.8. The topological polar surface area (TPSA) is 58.0 Å². The van der Waals surface area contributed by atoms with Crippen LogP contribution in [0.25, 0.3) is 0 Å². The third-order valence-electron chi connectivity index (χ3n) is 2.99. The van der Waals surface area contributed by atoms with Gasteiger partial charge in [0.2, 0.25) is 5.13 Å². The first-order chi connectivity index (χ1) is 7.33. The summed E-state index contributed by atoms with van der Waals surface area (Å²) in [6.45, 7) is 2.33. The van der Waals surface area contributed by atoms with Crippen molar-refractivity contribution in [3.05, 3.63) is 5.82 Å². The summed E-state index contributed by atoms with van der Waals surface area (Å²) in [4.78, 5) is 4.38. The third-order valence-corrected chi connectivity index (χ3v) is 3.67. The minimum Gasteiger partial charge on any atom is -0.396 e. The summed E-state index contributed by atoms with van der Waals surface area (Å²) in [7, 11) is 0. The zero-order chi connectivity index (χ0) is 10.7. The van der Waals surface area contributed by atoms with Gasteiger partial charge >= 0.3 is 0 Å². The number of nitrogens with zero attached hydrogens (tertiary/aromatic N) is 2. The van der Waals surface area contributed by atoms with E-state index in [9.17, 15) is 5.11 Å². The number of rotatable bonds is 4. The molecule has 2 N–H and O–H groups in total. The Balaban J connectivity index is 1.95. The summed E-state index contributed by atoms with van der Waals surface area (Å²) in [6.07, 6.45) is 4.33. The maximum absolute atomic E-state index is 9.19. The van der Waals surface area contributed by atoms with Crippen LogP contribution in [0.1, 0.15) is 32.0 Å². The summed E-state index contributed by atoms with van der Waals surface area (Å²) in [5, 5.41) is 13.5. The Morgan fingerprint density at radius 3 is 3.07 bits per heavy atom. The van der Waals surface area contributed by atoms with E-state index in [-0.39, 0.29) is 6.61 Å². The van der Waals surface area contributed by atoms with E-state index in [0.717, 1.165) is 30.2 Å². The monoisotopic (exact) mass is 227 g/mol. The molecule has 0 saturated heterocycles. The van der Waals surface area contributed by atoms with Crippen LogP contribution in [0.5, 0.6) is 0 Å². The summed E-state index contributed by atoms with van der Waals surface area (Å²) >= 11 is 1.42. The number of aliphatic hydroxyl groups excluding tert-OH is 1. The molecule has 1 aromatic heterocycles. The first-order valence-electron chi connectivity index (χ1n) is 5.53. The van der Waals surface area contributed by atoms with Crippen LogP contribution in [-0.2, 0) is 6.42 Å². The van der Waals surface area contributed by atoms with E-state index in [0.29, 0.717) is 12.0 Å². The molecular weight excluding hydrogens is 210 g/mol. The van der Waals surface area contributed by atoms with Gasteiger partial charge in [-0.25, -0.2) is 4.98 Å². The molecular formula is C10H17N3OS. The Morgan fingerprint density at radius 1 is 1.53 bits per heavy atom. The van der Waals surface area contributed by atoms with Crippen LogP contribution in [-0.4, -0.2) is 27.1 Å². The van der Waals surface area contributed by atoms with Crippen LogP contribution in [0.2, 0.25) is 0 Å². The van der Waals surface area contributed by atoms with Crippen molar-refractivity contribution in [2.24, 2.45) is 5.92 Å². The summed E-state index contributed by atoms with van der Waals surface area (Å²) < 4.78 is 4.23. The van der Waals surface area contributed by atoms with Gasteiger partial charge in [0.15, 0.2) is 0 Å². The highest BCUT2D eigenvalue weighted by Crippen LogP contribution is 2.28. The largest absolute Gasteiger partial charge is 0.396 e. The second-order valence-electron chi connectivity index (χ2n) is 3.99. The average Bonchev–Trinajstić information content (AvgIpc) is 2.87. The van der Waals surface area contributed by atoms with Crippen LogP contribution in [0.3, 0.4) is 0 Å². The molecule has 2 atom stereocenters. The van der Waals surface area contributed by atoms with Crippen LogP contribution < -0.4 is 5.32 Å². The van der Waals surface area contributed by atoms with Gasteiger partial charge in [-0.1, -0.05) is 13.3 Å². The van der Waals surface area contributed by atoms with Gasteiger partial charge in [0, 0.05) is 36.5 Å². The van der Waals surface area contributed by atoms with Gasteiger partial charge < -0.3 is 10.4 Å². The Labute approximate surface area is 93.9 Å². The molecule has 1 aliphatic rings. The highest BCUT2D eigenvalue weighted by atomic mass is 32.1. The average molecular weight is 227 g/mol. The molecule has 0 amide bonds. The fourth-order valence-corrected chi connectivity index (χ4v) is 2.77. The molecule has 0 spiro atoms. The molecule has 0 aliphatic heterocycles. The minimum absolute atomic E-state index is 0.275. The van der Waals surface area contributed by atoms with E-state index in [1.54, 1.807) is 0 Å². The van der Waals surface area contributed by atoms with Gasteiger partial charge in [-0.15, -0.1) is 0 Å². The number of aromatic nitrogens is 2. The van der Waals surface area contributed by atoms with Gasteiger partial charge in [-0.2, -0.15) is 4.37 Å². The Kier molecular flexibility index (Phi) is 3.53. The number of hydrogen-bond acceptors (Lipinski definition) is 5. The van der Waals surface area contributed by atoms with Crippen LogP contribution >= 0.6 is 11.5 Å². The number of anilines is 1. The molecule has 4 nitrogen and oxygen atoms in total. The molecule has 0 radical (unpaired) electrons. The van der Waals surface area contributed by atoms with E-state index >= 15 is 0 Å². The predicted molar refractivity (Wildman–Crippen MR) is 61.1 cm³/mol. The zero-order valence-electron chi connectivity index (χ0n) is 8.94. The lowest BCUT2D eigenvalue weighted by Crippen LogP contribution is -2.26. The van der Waals surface area contributed by atoms with Crippen molar-refractivity contribution < 1.29 is 5.11 Å². The fourth-order valence-electron chi connectivity index (χ4n) is 2.06. The highest BCUT2D eigenvalue weighted by molar-refractivity contribution is 7.09. The number of aliphatic hydroxyl groups is 1. The normalized spacial score (nSPS) is 25.7. The standard InChI is InChI=1S/C10H17N3OS/c1-2-9-12-10(15-13-9)11-8-5-3-4-7(8)6-14/h7-8,14H,2-6H2,1H3,(H,11,12,13). The van der Waals surface area contributed by atoms with Crippen molar-refractivity contribution in [2.45, 2.75) is 38.6 Å². The SMILES string of the molecule is CCc1nsc(NC2CCCC2CO)n1. The highest BCUT2D eigenvalue weighted by Gasteiger charge is 2.27. The van der Waals surface area contributed by atoms with E-state index in [1.165, 1.54) is 18.0 Å². The molecule has 2 unspecified atom stereocenters. The van der Waals surface area contributed by atoms with Crippen molar-refractivity contribution in [2.75, 3.05) is 11.9 Å². The second-order valence-corrected chi connectivity index (χ2v) is 4.75. The van der Waals surface area contributed by atoms with Gasteiger partial charge in [-0.05, 0) is 12.8 Å². The number of aryl methyl sites for hydroxylation is 1. The van der Waals surface area contributed by atoms with E-state index in [2.05, 4.69) is 21.6 Å². The summed E-state index contributed by atoms with van der Waals surface area (Å²) in [5.74, 6) is 1.29. The molecule has 1 fully saturated rings. The van der Waals surface area contributed by atoms with Crippen molar-refractivity contribution in [1.29, 1.82) is 0 Å². The molecule has 1 aliphatic carbocycles. The number of hydrogen-bond donors (Lipinski definition) is 2. The fraction of sp³-hybridized carbons (Fsp3) is 0.800. The first-order valence-corrected chi connectivity index (χ1v) is 6.30. The lowest BCUT2D eigenvalue weighted by molar-refractivity contribution is 0.222. The molecule has 5 heteroatoms. The van der Waals surface area contributed by atoms with Crippen LogP contribution in [0.15, 0.2) is 0 Å². The molecule has 1 aromatic rings. The predicted octanol–water partition coefficient (Wildman–Crippen LogP) is 1.67. The molecule has 0 bridgehead atoms. The molecule has 1 saturated carbocycles. The maximum atomic E-state index is 9.19. The van der Waals surface area contributed by atoms with Crippen molar-refractivity contribution in [3.8, 4) is 0 Å². The lowest BCUT2D eigenvalue weighted by atomic mass is 10.1. The van der Waals surface area contributed by atoms with Crippen molar-refractivity contribution in [3.63, 3.8) is 0 Å². The number of nitrogens with one attached hydrogen (secondary N) is 1. The third kappa shape index (κ3) is 2.46. The van der Waals surface area contributed by atoms with Gasteiger partial charge in [0.1, 0.15) is 5.82 Å². The van der Waals surface area contributed by atoms with E-state index in [1.807, 2.05) is 0 Å². The van der Waals surface area contributed by atoms with E-state index in [4.69, 9.17) is 0 Å². The lowest BCUT2D eigenvalue weighted by Gasteiger charge is -2.17. The van der Waals surface area contributed by atoms with E-state index < -0.39 is 0 Å². The molecule has 84 valence electrons. The Bertz CT molecular complexity index is 315. The smallest absolute Gasteiger partial charge is 0.202 e. The van der Waals surface area contributed by atoms with Gasteiger partial charge in [0.25, 0.3) is 0 Å². The summed E-state index contributed by atoms with van der Waals surface area (Å²) in [6, 6.07) is 0.382. The molecule has 0 aromatic carbocycles. The molecule has 1 heterocycles. The Hall–Kier alpha value is -0.680. The van der Waals surface area contributed by atoms with Crippen LogP contribution in [0, 0.1) is 5.92 Å². The van der Waals surface area contributed by atoms with Gasteiger partial charge in [0.05, 0.1) is 0 Å². The molecule has 2 rings (SSSR count). The van der Waals surface area contributed by atoms with Gasteiger partial charge in [-0.3, -0.25) is 0 Å². The quantitative estimate of drug-likeness (QED) is 0.821. The van der Waals surface area contributed by atoms with Crippen LogP contribution in [0.4, 0.5) is 5.13 Å². The van der Waals surface area contributed by atoms with Crippen molar-refractivity contribution >= 4 is 16.7 Å². The summed E-state index contributed by atoms with van der Waals surface area (Å²) in [5.41, 5.74) is 0. The zero-order valence-corrected chi connectivity index (χ0v) is 9.76.